The van der Waals surface area contributed by atoms with E-state index in [1.54, 1.807) is 6.07 Å². The minimum absolute atomic E-state index is 0.0931. The molecule has 50 valence electrons. The molecule has 4 heteroatoms. The van der Waals surface area contributed by atoms with Crippen LogP contribution in [0.5, 0.6) is 0 Å². The van der Waals surface area contributed by atoms with Crippen LogP contribution in [-0.4, -0.2) is 18.6 Å². The Morgan fingerprint density at radius 1 is 2.00 bits per heavy atom. The van der Waals surface area contributed by atoms with E-state index in [1.165, 1.54) is 6.92 Å². The van der Waals surface area contributed by atoms with Gasteiger partial charge in [-0.1, -0.05) is 0 Å². The summed E-state index contributed by atoms with van der Waals surface area (Å²) in [6.07, 6.45) is -0.662. The lowest BCUT2D eigenvalue weighted by molar-refractivity contribution is -0.127. The average Bonchev–Trinajstić information content (AvgIpc) is 1.82. The normalized spacial score (nSPS) is 12.0. The number of rotatable bonds is 3. The molecule has 0 saturated heterocycles. The predicted molar refractivity (Wildman–Crippen MR) is 30.2 cm³/mol. The highest BCUT2D eigenvalue weighted by molar-refractivity contribution is 5.78. The van der Waals surface area contributed by atoms with Crippen molar-refractivity contribution in [3.63, 3.8) is 0 Å². The van der Waals surface area contributed by atoms with E-state index in [9.17, 15) is 4.79 Å². The van der Waals surface area contributed by atoms with Crippen LogP contribution in [0, 0.1) is 11.3 Å². The Hall–Kier alpha value is -1.08. The fourth-order valence-corrected chi connectivity index (χ4v) is 0.244. The van der Waals surface area contributed by atoms with Gasteiger partial charge in [-0.25, -0.2) is 0 Å². The van der Waals surface area contributed by atoms with E-state index >= 15 is 0 Å². The largest absolute Gasteiger partial charge is 0.367 e. The Labute approximate surface area is 53.2 Å². The van der Waals surface area contributed by atoms with Crippen LogP contribution in [0.4, 0.5) is 0 Å². The average molecular weight is 128 g/mol. The second-order valence-corrected chi connectivity index (χ2v) is 1.51. The maximum atomic E-state index is 10.2. The third-order valence-electron chi connectivity index (χ3n) is 0.799. The van der Waals surface area contributed by atoms with Crippen LogP contribution in [0.15, 0.2) is 0 Å². The highest BCUT2D eigenvalue weighted by atomic mass is 16.5. The van der Waals surface area contributed by atoms with Gasteiger partial charge in [0.2, 0.25) is 5.91 Å². The molecular formula is C5H8N2O2. The van der Waals surface area contributed by atoms with Crippen molar-refractivity contribution in [3.8, 4) is 6.07 Å². The molecule has 0 rings (SSSR count). The maximum Gasteiger partial charge on any atom is 0.246 e. The molecular weight excluding hydrogens is 120 g/mol. The van der Waals surface area contributed by atoms with Crippen LogP contribution in [-0.2, 0) is 9.53 Å². The third kappa shape index (κ3) is 3.50. The van der Waals surface area contributed by atoms with Gasteiger partial charge in [0.25, 0.3) is 0 Å². The van der Waals surface area contributed by atoms with Crippen molar-refractivity contribution in [2.45, 2.75) is 13.0 Å². The molecule has 0 fully saturated rings. The molecule has 0 saturated carbocycles. The fourth-order valence-electron chi connectivity index (χ4n) is 0.244. The van der Waals surface area contributed by atoms with Gasteiger partial charge in [-0.15, -0.1) is 0 Å². The molecule has 0 aromatic rings. The zero-order valence-electron chi connectivity index (χ0n) is 5.13. The van der Waals surface area contributed by atoms with E-state index in [4.69, 9.17) is 11.0 Å². The van der Waals surface area contributed by atoms with Crippen LogP contribution in [0.3, 0.4) is 0 Å². The topological polar surface area (TPSA) is 76.1 Å². The number of nitriles is 1. The molecule has 0 aliphatic carbocycles. The summed E-state index contributed by atoms with van der Waals surface area (Å²) >= 11 is 0. The number of primary amides is 1. The number of carbonyl (C=O) groups is 1. The summed E-state index contributed by atoms with van der Waals surface area (Å²) in [5.74, 6) is -0.551. The lowest BCUT2D eigenvalue weighted by atomic mass is 10.4. The molecule has 0 aliphatic rings. The van der Waals surface area contributed by atoms with E-state index in [0.717, 1.165) is 0 Å². The van der Waals surface area contributed by atoms with Gasteiger partial charge in [-0.2, -0.15) is 5.26 Å². The Morgan fingerprint density at radius 3 is 2.89 bits per heavy atom. The molecule has 2 N–H and O–H groups in total. The molecule has 0 bridgehead atoms. The highest BCUT2D eigenvalue weighted by Gasteiger charge is 2.06. The van der Waals surface area contributed by atoms with Crippen molar-refractivity contribution in [1.82, 2.24) is 0 Å². The van der Waals surface area contributed by atoms with Gasteiger partial charge < -0.3 is 10.5 Å². The lowest BCUT2D eigenvalue weighted by Crippen LogP contribution is -2.28. The van der Waals surface area contributed by atoms with E-state index in [1.807, 2.05) is 0 Å². The Morgan fingerprint density at radius 2 is 2.56 bits per heavy atom. The number of nitrogens with zero attached hydrogens (tertiary/aromatic N) is 1. The number of hydrogen-bond acceptors (Lipinski definition) is 3. The summed E-state index contributed by atoms with van der Waals surface area (Å²) in [6, 6.07) is 1.72. The van der Waals surface area contributed by atoms with Gasteiger partial charge in [-0.05, 0) is 6.92 Å². The van der Waals surface area contributed by atoms with Crippen molar-refractivity contribution >= 4 is 5.91 Å². The summed E-state index contributed by atoms with van der Waals surface area (Å²) in [5.41, 5.74) is 4.80. The van der Waals surface area contributed by atoms with E-state index in [-0.39, 0.29) is 6.61 Å². The van der Waals surface area contributed by atoms with Crippen molar-refractivity contribution < 1.29 is 9.53 Å². The number of amides is 1. The van der Waals surface area contributed by atoms with Gasteiger partial charge >= 0.3 is 0 Å². The van der Waals surface area contributed by atoms with Gasteiger partial charge in [0.05, 0.1) is 6.07 Å². The summed E-state index contributed by atoms with van der Waals surface area (Å²) in [5, 5.41) is 7.97. The third-order valence-corrected chi connectivity index (χ3v) is 0.799. The molecule has 9 heavy (non-hydrogen) atoms. The first-order valence-electron chi connectivity index (χ1n) is 2.46. The zero-order valence-corrected chi connectivity index (χ0v) is 5.13. The first kappa shape index (κ1) is 7.92. The second kappa shape index (κ2) is 3.87. The number of carbonyl (C=O) groups excluding carboxylic acids is 1. The minimum atomic E-state index is -0.662. The molecule has 0 aromatic heterocycles. The predicted octanol–water partition coefficient (Wildman–Crippen LogP) is -0.600. The molecule has 0 aliphatic heterocycles. The number of nitrogens with two attached hydrogens (primary N) is 1. The molecule has 4 nitrogen and oxygen atoms in total. The van der Waals surface area contributed by atoms with E-state index in [2.05, 4.69) is 4.74 Å². The molecule has 0 radical (unpaired) electrons. The fraction of sp³-hybridized carbons (Fsp3) is 0.600. The molecule has 0 spiro atoms. The Balaban J connectivity index is 3.41. The monoisotopic (exact) mass is 128 g/mol. The van der Waals surface area contributed by atoms with Gasteiger partial charge in [0, 0.05) is 0 Å². The van der Waals surface area contributed by atoms with Crippen LogP contribution in [0.25, 0.3) is 0 Å². The zero-order chi connectivity index (χ0) is 7.28. The summed E-state index contributed by atoms with van der Waals surface area (Å²) in [6.45, 7) is 1.41. The van der Waals surface area contributed by atoms with Crippen LogP contribution < -0.4 is 5.73 Å². The van der Waals surface area contributed by atoms with Crippen molar-refractivity contribution in [2.75, 3.05) is 6.61 Å². The lowest BCUT2D eigenvalue weighted by Gasteiger charge is -2.03. The molecule has 1 amide bonds. The van der Waals surface area contributed by atoms with Gasteiger partial charge in [-0.3, -0.25) is 4.79 Å². The standard InChI is InChI=1S/C5H8N2O2/c1-4(5(7)8)9-3-2-6/h4H,3H2,1H3,(H2,7,8)/t4-/m0/s1. The first-order valence-corrected chi connectivity index (χ1v) is 2.46. The smallest absolute Gasteiger partial charge is 0.246 e. The SMILES string of the molecule is C[C@H](OCC#N)C(N)=O. The maximum absolute atomic E-state index is 10.2. The second-order valence-electron chi connectivity index (χ2n) is 1.51. The quantitative estimate of drug-likeness (QED) is 0.551. The van der Waals surface area contributed by atoms with Gasteiger partial charge in [0.1, 0.15) is 12.7 Å². The molecule has 1 atom stereocenters. The minimum Gasteiger partial charge on any atom is -0.367 e. The van der Waals surface area contributed by atoms with E-state index in [0.29, 0.717) is 0 Å². The van der Waals surface area contributed by atoms with Crippen molar-refractivity contribution in [2.24, 2.45) is 5.73 Å². The summed E-state index contributed by atoms with van der Waals surface area (Å²) in [4.78, 5) is 10.2. The van der Waals surface area contributed by atoms with Crippen LogP contribution in [0.1, 0.15) is 6.92 Å². The summed E-state index contributed by atoms with van der Waals surface area (Å²) in [7, 11) is 0. The first-order chi connectivity index (χ1) is 4.18. The molecule has 0 heterocycles. The number of hydrogen-bond donors (Lipinski definition) is 1. The Bertz CT molecular complexity index is 138. The van der Waals surface area contributed by atoms with Crippen molar-refractivity contribution in [1.29, 1.82) is 5.26 Å². The van der Waals surface area contributed by atoms with Crippen molar-refractivity contribution in [3.05, 3.63) is 0 Å². The van der Waals surface area contributed by atoms with E-state index < -0.39 is 12.0 Å². The highest BCUT2D eigenvalue weighted by Crippen LogP contribution is 1.85. The number of ether oxygens (including phenoxy) is 1. The molecule has 0 aromatic carbocycles. The summed E-state index contributed by atoms with van der Waals surface area (Å²) < 4.78 is 4.62. The molecule has 0 unspecified atom stereocenters. The van der Waals surface area contributed by atoms with Crippen LogP contribution >= 0.6 is 0 Å². The van der Waals surface area contributed by atoms with Crippen LogP contribution in [0.2, 0.25) is 0 Å². The van der Waals surface area contributed by atoms with Gasteiger partial charge in [0.15, 0.2) is 0 Å². The Kier molecular flexibility index (Phi) is 3.40.